The number of hydrogen-bond acceptors (Lipinski definition) is 4. The molecule has 4 rings (SSSR count). The first-order valence-corrected chi connectivity index (χ1v) is 10.9. The number of ketones is 1. The van der Waals surface area contributed by atoms with E-state index in [2.05, 4.69) is 12.7 Å². The molecule has 0 radical (unpaired) electrons. The van der Waals surface area contributed by atoms with E-state index in [0.29, 0.717) is 5.75 Å². The van der Waals surface area contributed by atoms with Crippen molar-refractivity contribution in [1.29, 1.82) is 0 Å². The second-order valence-corrected chi connectivity index (χ2v) is 9.12. The zero-order chi connectivity index (χ0) is 21.3. The van der Waals surface area contributed by atoms with Gasteiger partial charge in [0.15, 0.2) is 5.78 Å². The molecule has 0 spiro atoms. The van der Waals surface area contributed by atoms with Gasteiger partial charge in [-0.1, -0.05) is 55.2 Å². The van der Waals surface area contributed by atoms with Crippen LogP contribution < -0.4 is 4.74 Å². The minimum absolute atomic E-state index is 0.100. The predicted molar refractivity (Wildman–Crippen MR) is 120 cm³/mol. The number of ether oxygens (including phenoxy) is 2. The zero-order valence-electron chi connectivity index (χ0n) is 16.9. The van der Waals surface area contributed by atoms with Crippen molar-refractivity contribution in [2.45, 2.75) is 23.6 Å². The smallest absolute Gasteiger partial charge is 0.430 e. The topological polar surface area (TPSA) is 52.6 Å². The molecular formula is C25H22O4S. The molecule has 0 fully saturated rings. The SMILES string of the molecule is C=CCOC(=O)Oc1c(C)cc(S2=C3C=CC=CC3C(=O)c3ccccc32)cc1C. The van der Waals surface area contributed by atoms with Gasteiger partial charge in [0.25, 0.3) is 0 Å². The Hall–Kier alpha value is -3.18. The van der Waals surface area contributed by atoms with Crippen LogP contribution in [0.2, 0.25) is 0 Å². The Kier molecular flexibility index (Phi) is 5.55. The molecule has 2 unspecified atom stereocenters. The summed E-state index contributed by atoms with van der Waals surface area (Å²) in [6.07, 6.45) is 8.69. The standard InChI is InChI=1S/C25H22O4S/c1-4-13-28-25(27)29-24-16(2)14-18(15-17(24)3)30-21-11-7-5-9-19(21)23(26)20-10-6-8-12-22(20)30/h4-12,14-15,19H,1,13H2,2-3H3. The molecule has 0 aromatic heterocycles. The average Bonchev–Trinajstić information content (AvgIpc) is 2.75. The molecular weight excluding hydrogens is 396 g/mol. The molecule has 2 atom stereocenters. The molecule has 5 heteroatoms. The van der Waals surface area contributed by atoms with Crippen molar-refractivity contribution < 1.29 is 19.1 Å². The normalized spacial score (nSPS) is 19.1. The van der Waals surface area contributed by atoms with Crippen LogP contribution in [0.1, 0.15) is 21.5 Å². The largest absolute Gasteiger partial charge is 0.514 e. The third kappa shape index (κ3) is 3.57. The number of carbonyl (C=O) groups is 2. The number of hydrogen-bond donors (Lipinski definition) is 0. The third-order valence-electron chi connectivity index (χ3n) is 5.05. The summed E-state index contributed by atoms with van der Waals surface area (Å²) in [5.41, 5.74) is 2.46. The van der Waals surface area contributed by atoms with Crippen LogP contribution in [0.25, 0.3) is 0 Å². The molecule has 2 aromatic rings. The first-order chi connectivity index (χ1) is 14.5. The van der Waals surface area contributed by atoms with Crippen molar-refractivity contribution in [2.24, 2.45) is 5.92 Å². The van der Waals surface area contributed by atoms with Gasteiger partial charge in [-0.15, -0.1) is 10.5 Å². The van der Waals surface area contributed by atoms with E-state index in [1.165, 1.54) is 6.08 Å². The van der Waals surface area contributed by atoms with Crippen LogP contribution >= 0.6 is 10.5 Å². The van der Waals surface area contributed by atoms with Crippen molar-refractivity contribution >= 4 is 27.3 Å². The molecule has 0 bridgehead atoms. The molecule has 2 aromatic carbocycles. The Labute approximate surface area is 178 Å². The molecule has 0 saturated carbocycles. The van der Waals surface area contributed by atoms with E-state index in [1.54, 1.807) is 0 Å². The van der Waals surface area contributed by atoms with Crippen LogP contribution in [0.15, 0.2) is 83.1 Å². The van der Waals surface area contributed by atoms with Gasteiger partial charge in [-0.25, -0.2) is 4.79 Å². The monoisotopic (exact) mass is 418 g/mol. The Morgan fingerprint density at radius 3 is 2.63 bits per heavy atom. The highest BCUT2D eigenvalue weighted by Gasteiger charge is 2.32. The lowest BCUT2D eigenvalue weighted by Crippen LogP contribution is -2.27. The molecule has 0 N–H and O–H groups in total. The van der Waals surface area contributed by atoms with E-state index in [0.717, 1.165) is 31.3 Å². The second-order valence-electron chi connectivity index (χ2n) is 7.13. The molecule has 30 heavy (non-hydrogen) atoms. The molecule has 2 aliphatic rings. The van der Waals surface area contributed by atoms with E-state index < -0.39 is 16.6 Å². The number of allylic oxidation sites excluding steroid dienone is 4. The molecule has 0 saturated heterocycles. The lowest BCUT2D eigenvalue weighted by molar-refractivity contribution is 0.0969. The first kappa shape index (κ1) is 20.1. The number of aryl methyl sites for hydroxylation is 2. The van der Waals surface area contributed by atoms with Crippen LogP contribution in [-0.4, -0.2) is 23.4 Å². The Morgan fingerprint density at radius 1 is 1.17 bits per heavy atom. The highest BCUT2D eigenvalue weighted by molar-refractivity contribution is 8.16. The van der Waals surface area contributed by atoms with Gasteiger partial charge in [-0.2, -0.15) is 0 Å². The number of carbonyl (C=O) groups excluding carboxylic acids is 2. The van der Waals surface area contributed by atoms with Crippen molar-refractivity contribution in [3.05, 3.63) is 90.0 Å². The zero-order valence-corrected chi connectivity index (χ0v) is 17.7. The van der Waals surface area contributed by atoms with Gasteiger partial charge in [-0.05, 0) is 48.0 Å². The van der Waals surface area contributed by atoms with Gasteiger partial charge in [-0.3, -0.25) is 4.79 Å². The first-order valence-electron chi connectivity index (χ1n) is 9.67. The summed E-state index contributed by atoms with van der Waals surface area (Å²) in [7, 11) is -0.394. The van der Waals surface area contributed by atoms with Crippen LogP contribution in [-0.2, 0) is 4.74 Å². The van der Waals surface area contributed by atoms with Crippen molar-refractivity contribution in [3.8, 4) is 5.75 Å². The fourth-order valence-electron chi connectivity index (χ4n) is 3.77. The number of benzene rings is 2. The highest BCUT2D eigenvalue weighted by Crippen LogP contribution is 2.47. The molecule has 1 aliphatic heterocycles. The lowest BCUT2D eigenvalue weighted by atomic mass is 9.91. The van der Waals surface area contributed by atoms with Gasteiger partial charge in [0.05, 0.1) is 5.92 Å². The summed E-state index contributed by atoms with van der Waals surface area (Å²) in [6.45, 7) is 7.45. The molecule has 1 aliphatic carbocycles. The van der Waals surface area contributed by atoms with Crippen LogP contribution in [0.3, 0.4) is 0 Å². The Morgan fingerprint density at radius 2 is 1.90 bits per heavy atom. The second kappa shape index (κ2) is 8.28. The van der Waals surface area contributed by atoms with Gasteiger partial charge >= 0.3 is 6.16 Å². The number of fused-ring (bicyclic) bond motifs is 2. The van der Waals surface area contributed by atoms with Gasteiger partial charge in [0.2, 0.25) is 0 Å². The summed E-state index contributed by atoms with van der Waals surface area (Å²) in [5.74, 6) is 0.403. The fraction of sp³-hybridized carbons (Fsp3) is 0.160. The van der Waals surface area contributed by atoms with Crippen LogP contribution in [0.4, 0.5) is 4.79 Å². The predicted octanol–water partition coefficient (Wildman–Crippen LogP) is 5.80. The fourth-order valence-corrected chi connectivity index (χ4v) is 6.40. The van der Waals surface area contributed by atoms with Gasteiger partial charge in [0.1, 0.15) is 12.4 Å². The van der Waals surface area contributed by atoms with Gasteiger partial charge < -0.3 is 9.47 Å². The van der Waals surface area contributed by atoms with Crippen molar-refractivity contribution in [2.75, 3.05) is 6.61 Å². The molecule has 0 amide bonds. The van der Waals surface area contributed by atoms with E-state index in [9.17, 15) is 9.59 Å². The number of Topliss-reactive ketones (excluding diaryl/α,β-unsaturated/α-hetero) is 1. The highest BCUT2D eigenvalue weighted by atomic mass is 32.2. The minimum Gasteiger partial charge on any atom is -0.430 e. The quantitative estimate of drug-likeness (QED) is 0.272. The van der Waals surface area contributed by atoms with Crippen LogP contribution in [0.5, 0.6) is 5.75 Å². The summed E-state index contributed by atoms with van der Waals surface area (Å²) in [4.78, 5) is 28.2. The average molecular weight is 419 g/mol. The maximum absolute atomic E-state index is 13.0. The summed E-state index contributed by atoms with van der Waals surface area (Å²) in [5, 5.41) is 0. The van der Waals surface area contributed by atoms with E-state index in [4.69, 9.17) is 9.47 Å². The molecule has 152 valence electrons. The van der Waals surface area contributed by atoms with E-state index in [-0.39, 0.29) is 18.3 Å². The Balaban J connectivity index is 1.82. The Bertz CT molecular complexity index is 1130. The minimum atomic E-state index is -0.750. The summed E-state index contributed by atoms with van der Waals surface area (Å²) < 4.78 is 10.4. The molecule has 4 nitrogen and oxygen atoms in total. The lowest BCUT2D eigenvalue weighted by Gasteiger charge is -2.29. The van der Waals surface area contributed by atoms with Gasteiger partial charge in [0, 0.05) is 15.4 Å². The van der Waals surface area contributed by atoms with Crippen LogP contribution in [0, 0.1) is 19.8 Å². The summed E-state index contributed by atoms with van der Waals surface area (Å²) in [6, 6.07) is 11.9. The maximum atomic E-state index is 13.0. The van der Waals surface area contributed by atoms with E-state index in [1.807, 2.05) is 68.5 Å². The van der Waals surface area contributed by atoms with Crippen molar-refractivity contribution in [3.63, 3.8) is 0 Å². The summed E-state index contributed by atoms with van der Waals surface area (Å²) >= 11 is 0. The van der Waals surface area contributed by atoms with E-state index >= 15 is 0 Å². The maximum Gasteiger partial charge on any atom is 0.514 e. The molecule has 1 heterocycles. The third-order valence-corrected chi connectivity index (χ3v) is 7.41. The number of rotatable bonds is 4. The van der Waals surface area contributed by atoms with Crippen molar-refractivity contribution in [1.82, 2.24) is 0 Å².